The number of fused-ring (bicyclic) bond motifs is 1. The largest absolute Gasteiger partial charge is 0.412 e. The lowest BCUT2D eigenvalue weighted by atomic mass is 10.1. The van der Waals surface area contributed by atoms with Gasteiger partial charge in [-0.15, -0.1) is 12.4 Å². The van der Waals surface area contributed by atoms with Crippen LogP contribution in [0.4, 0.5) is 17.5 Å². The van der Waals surface area contributed by atoms with E-state index in [0.717, 1.165) is 66.1 Å². The van der Waals surface area contributed by atoms with E-state index in [2.05, 4.69) is 22.0 Å². The number of benzene rings is 2. The quantitative estimate of drug-likeness (QED) is 0.451. The third-order valence-electron chi connectivity index (χ3n) is 5.54. The number of piperidine rings is 1. The number of halogens is 1. The maximum absolute atomic E-state index is 12.0. The summed E-state index contributed by atoms with van der Waals surface area (Å²) in [4.78, 5) is 28.9. The van der Waals surface area contributed by atoms with Crippen molar-refractivity contribution in [2.75, 3.05) is 22.9 Å². The normalized spacial score (nSPS) is 13.2. The number of nitrogens with one attached hydrogen (secondary N) is 1. The predicted molar refractivity (Wildman–Crippen MR) is 131 cm³/mol. The highest BCUT2D eigenvalue weighted by atomic mass is 35.5. The zero-order valence-electron chi connectivity index (χ0n) is 17.6. The summed E-state index contributed by atoms with van der Waals surface area (Å²) >= 11 is 0. The van der Waals surface area contributed by atoms with Gasteiger partial charge in [0.2, 0.25) is 12.4 Å². The van der Waals surface area contributed by atoms with Crippen molar-refractivity contribution in [3.63, 3.8) is 0 Å². The van der Waals surface area contributed by atoms with E-state index in [9.17, 15) is 4.79 Å². The fourth-order valence-electron chi connectivity index (χ4n) is 4.01. The molecule has 1 amide bonds. The molecular weight excluding hydrogens is 426 g/mol. The molecular formula is C24H26ClN5O2. The summed E-state index contributed by atoms with van der Waals surface area (Å²) in [5.41, 5.74) is 4.56. The monoisotopic (exact) mass is 451 g/mol. The van der Waals surface area contributed by atoms with E-state index < -0.39 is 0 Å². The number of carbonyl (C=O) groups excluding carboxylic acids is 1. The van der Waals surface area contributed by atoms with Crippen LogP contribution in [0.3, 0.4) is 0 Å². The lowest BCUT2D eigenvalue weighted by molar-refractivity contribution is -0.106. The van der Waals surface area contributed by atoms with E-state index in [-0.39, 0.29) is 17.9 Å². The highest BCUT2D eigenvalue weighted by Gasteiger charge is 2.22. The van der Waals surface area contributed by atoms with E-state index >= 15 is 0 Å². The molecule has 0 aliphatic carbocycles. The Bertz CT molecular complexity index is 1160. The molecule has 8 heteroatoms. The Morgan fingerprint density at radius 2 is 1.56 bits per heavy atom. The second kappa shape index (κ2) is 10.3. The second-order valence-corrected chi connectivity index (χ2v) is 7.52. The summed E-state index contributed by atoms with van der Waals surface area (Å²) in [5.74, 6) is 1.25. The van der Waals surface area contributed by atoms with Crippen LogP contribution < -0.4 is 9.80 Å². The number of carbonyl (C=O) groups is 1. The average Bonchev–Trinajstić information content (AvgIpc) is 3.25. The van der Waals surface area contributed by atoms with E-state index in [1.165, 1.54) is 11.3 Å². The molecule has 0 bridgehead atoms. The third kappa shape index (κ3) is 4.44. The van der Waals surface area contributed by atoms with Crippen molar-refractivity contribution < 1.29 is 10.3 Å². The number of rotatable bonds is 5. The smallest absolute Gasteiger partial charge is 0.239 e. The SMILES string of the molecule is Cl.O.O=CN(c1ccccc1)c1nc(N2CCCCC2)c2[nH]c(-c3ccccc3)cc2n1. The molecule has 5 rings (SSSR count). The molecule has 2 aromatic carbocycles. The molecule has 0 spiro atoms. The Balaban J connectivity index is 0.00000144. The van der Waals surface area contributed by atoms with Crippen molar-refractivity contribution in [3.8, 4) is 11.3 Å². The molecule has 2 aromatic heterocycles. The Hall–Kier alpha value is -3.42. The zero-order chi connectivity index (χ0) is 20.3. The Labute approximate surface area is 192 Å². The minimum absolute atomic E-state index is 0. The number of anilines is 3. The van der Waals surface area contributed by atoms with Gasteiger partial charge in [0, 0.05) is 18.8 Å². The van der Waals surface area contributed by atoms with E-state index in [1.807, 2.05) is 54.6 Å². The molecule has 166 valence electrons. The number of hydrogen-bond acceptors (Lipinski definition) is 4. The van der Waals surface area contributed by atoms with Crippen LogP contribution in [0.2, 0.25) is 0 Å². The van der Waals surface area contributed by atoms with Crippen LogP contribution in [0.1, 0.15) is 19.3 Å². The van der Waals surface area contributed by atoms with Crippen molar-refractivity contribution in [3.05, 3.63) is 66.7 Å². The maximum Gasteiger partial charge on any atom is 0.239 e. The molecule has 1 fully saturated rings. The van der Waals surface area contributed by atoms with Gasteiger partial charge < -0.3 is 15.4 Å². The van der Waals surface area contributed by atoms with Crippen LogP contribution in [-0.4, -0.2) is 39.9 Å². The van der Waals surface area contributed by atoms with E-state index in [4.69, 9.17) is 9.97 Å². The van der Waals surface area contributed by atoms with Gasteiger partial charge in [-0.3, -0.25) is 9.69 Å². The molecule has 3 heterocycles. The fourth-order valence-corrected chi connectivity index (χ4v) is 4.01. The molecule has 0 unspecified atom stereocenters. The van der Waals surface area contributed by atoms with Crippen LogP contribution in [0.5, 0.6) is 0 Å². The first kappa shape index (κ1) is 23.2. The van der Waals surface area contributed by atoms with Gasteiger partial charge in [0.1, 0.15) is 5.52 Å². The van der Waals surface area contributed by atoms with Gasteiger partial charge in [-0.25, -0.2) is 4.98 Å². The van der Waals surface area contributed by atoms with Gasteiger partial charge in [0.15, 0.2) is 5.82 Å². The Morgan fingerprint density at radius 1 is 0.906 bits per heavy atom. The summed E-state index contributed by atoms with van der Waals surface area (Å²) in [5, 5.41) is 0. The lowest BCUT2D eigenvalue weighted by Crippen LogP contribution is -2.31. The standard InChI is InChI=1S/C24H23N5O.ClH.H2O/c30-17-29(19-12-6-2-7-13-19)24-26-21-16-20(18-10-4-1-5-11-18)25-22(21)23(27-24)28-14-8-3-9-15-28;;/h1-2,4-7,10-13,16-17,25H,3,8-9,14-15H2;1H;1H2. The molecule has 32 heavy (non-hydrogen) atoms. The van der Waals surface area contributed by atoms with Crippen molar-refractivity contribution in [2.45, 2.75) is 19.3 Å². The maximum atomic E-state index is 12.0. The molecule has 0 atom stereocenters. The first-order valence-corrected chi connectivity index (χ1v) is 10.3. The minimum Gasteiger partial charge on any atom is -0.412 e. The van der Waals surface area contributed by atoms with Gasteiger partial charge in [-0.1, -0.05) is 48.5 Å². The van der Waals surface area contributed by atoms with Crippen LogP contribution in [0, 0.1) is 0 Å². The van der Waals surface area contributed by atoms with Gasteiger partial charge in [-0.2, -0.15) is 4.98 Å². The molecule has 4 aromatic rings. The van der Waals surface area contributed by atoms with Crippen LogP contribution in [-0.2, 0) is 4.79 Å². The third-order valence-corrected chi connectivity index (χ3v) is 5.54. The van der Waals surface area contributed by atoms with Gasteiger partial charge in [-0.05, 0) is 43.0 Å². The van der Waals surface area contributed by atoms with Crippen LogP contribution >= 0.6 is 12.4 Å². The number of nitrogens with zero attached hydrogens (tertiary/aromatic N) is 4. The number of para-hydroxylation sites is 1. The predicted octanol–water partition coefficient (Wildman–Crippen LogP) is 4.51. The summed E-state index contributed by atoms with van der Waals surface area (Å²) < 4.78 is 0. The van der Waals surface area contributed by atoms with Crippen molar-refractivity contribution in [1.82, 2.24) is 15.0 Å². The number of aromatic nitrogens is 3. The molecule has 3 N–H and O–H groups in total. The van der Waals surface area contributed by atoms with Crippen molar-refractivity contribution in [1.29, 1.82) is 0 Å². The Kier molecular flexibility index (Phi) is 7.45. The van der Waals surface area contributed by atoms with Crippen LogP contribution in [0.15, 0.2) is 66.7 Å². The van der Waals surface area contributed by atoms with E-state index in [0.29, 0.717) is 5.95 Å². The van der Waals surface area contributed by atoms with Gasteiger partial charge in [0.25, 0.3) is 0 Å². The highest BCUT2D eigenvalue weighted by molar-refractivity contribution is 5.94. The van der Waals surface area contributed by atoms with Crippen LogP contribution in [0.25, 0.3) is 22.3 Å². The fraction of sp³-hybridized carbons (Fsp3) is 0.208. The molecule has 1 aliphatic rings. The minimum atomic E-state index is 0. The molecule has 0 radical (unpaired) electrons. The topological polar surface area (TPSA) is 96.6 Å². The van der Waals surface area contributed by atoms with Crippen molar-refractivity contribution in [2.24, 2.45) is 0 Å². The number of hydrogen-bond donors (Lipinski definition) is 1. The summed E-state index contributed by atoms with van der Waals surface area (Å²) in [6.45, 7) is 1.91. The number of aromatic amines is 1. The molecule has 7 nitrogen and oxygen atoms in total. The van der Waals surface area contributed by atoms with Crippen molar-refractivity contribution >= 4 is 47.3 Å². The first-order valence-electron chi connectivity index (χ1n) is 10.3. The number of amides is 1. The summed E-state index contributed by atoms with van der Waals surface area (Å²) in [7, 11) is 0. The number of H-pyrrole nitrogens is 1. The lowest BCUT2D eigenvalue weighted by Gasteiger charge is -2.28. The molecule has 0 saturated carbocycles. The summed E-state index contributed by atoms with van der Waals surface area (Å²) in [6, 6.07) is 21.7. The molecule has 1 saturated heterocycles. The second-order valence-electron chi connectivity index (χ2n) is 7.52. The van der Waals surface area contributed by atoms with E-state index in [1.54, 1.807) is 0 Å². The zero-order valence-corrected chi connectivity index (χ0v) is 18.4. The average molecular weight is 452 g/mol. The first-order chi connectivity index (χ1) is 14.8. The summed E-state index contributed by atoms with van der Waals surface area (Å²) in [6.07, 6.45) is 4.30. The molecule has 1 aliphatic heterocycles. The van der Waals surface area contributed by atoms with Gasteiger partial charge >= 0.3 is 0 Å². The Morgan fingerprint density at radius 3 is 2.22 bits per heavy atom. The highest BCUT2D eigenvalue weighted by Crippen LogP contribution is 2.33. The van der Waals surface area contributed by atoms with Gasteiger partial charge in [0.05, 0.1) is 11.2 Å².